The molecule has 0 aliphatic carbocycles. The number of benzene rings is 2. The van der Waals surface area contributed by atoms with E-state index in [0.29, 0.717) is 12.1 Å². The lowest BCUT2D eigenvalue weighted by atomic mass is 10.1. The number of nitrogens with one attached hydrogen (secondary N) is 1. The molecule has 2 aromatic carbocycles. The number of hydrogen-bond acceptors (Lipinski definition) is 2. The first-order valence-electron chi connectivity index (χ1n) is 6.04. The highest BCUT2D eigenvalue weighted by Gasteiger charge is 2.14. The maximum absolute atomic E-state index is 13.8. The second-order valence-corrected chi connectivity index (χ2v) is 5.18. The summed E-state index contributed by atoms with van der Waals surface area (Å²) in [6, 6.07) is 14.1. The van der Waals surface area contributed by atoms with Gasteiger partial charge in [-0.1, -0.05) is 46.3 Å². The average Bonchev–Trinajstić information content (AvgIpc) is 2.44. The van der Waals surface area contributed by atoms with Crippen LogP contribution in [0.5, 0.6) is 0 Å². The van der Waals surface area contributed by atoms with Crippen molar-refractivity contribution in [2.24, 2.45) is 0 Å². The van der Waals surface area contributed by atoms with Crippen LogP contribution in [0.25, 0.3) is 0 Å². The van der Waals surface area contributed by atoms with E-state index < -0.39 is 6.04 Å². The number of aliphatic hydroxyl groups excluding tert-OH is 1. The Labute approximate surface area is 120 Å². The van der Waals surface area contributed by atoms with Crippen LogP contribution in [0.1, 0.15) is 17.2 Å². The van der Waals surface area contributed by atoms with Crippen LogP contribution in [0.15, 0.2) is 53.0 Å². The van der Waals surface area contributed by atoms with Crippen molar-refractivity contribution in [3.05, 3.63) is 69.9 Å². The summed E-state index contributed by atoms with van der Waals surface area (Å²) in [6.45, 7) is 0.429. The smallest absolute Gasteiger partial charge is 0.128 e. The van der Waals surface area contributed by atoms with Crippen LogP contribution in [-0.2, 0) is 6.54 Å². The fourth-order valence-electron chi connectivity index (χ4n) is 1.89. The van der Waals surface area contributed by atoms with Gasteiger partial charge in [-0.15, -0.1) is 0 Å². The Morgan fingerprint density at radius 1 is 1.16 bits per heavy atom. The molecule has 0 heterocycles. The van der Waals surface area contributed by atoms with E-state index in [4.69, 9.17) is 0 Å². The molecule has 19 heavy (non-hydrogen) atoms. The predicted molar refractivity (Wildman–Crippen MR) is 77.2 cm³/mol. The standard InChI is InChI=1S/C15H15BrFNO/c16-12-6-7-14(17)13(8-12)15(10-19)18-9-11-4-2-1-3-5-11/h1-8,15,18-19H,9-10H2. The van der Waals surface area contributed by atoms with Gasteiger partial charge < -0.3 is 10.4 Å². The van der Waals surface area contributed by atoms with Crippen molar-refractivity contribution in [3.8, 4) is 0 Å². The lowest BCUT2D eigenvalue weighted by Crippen LogP contribution is -2.25. The summed E-state index contributed by atoms with van der Waals surface area (Å²) in [5, 5.41) is 12.6. The van der Waals surface area contributed by atoms with Crippen molar-refractivity contribution in [1.29, 1.82) is 0 Å². The molecule has 0 saturated carbocycles. The Hall–Kier alpha value is -1.23. The highest BCUT2D eigenvalue weighted by molar-refractivity contribution is 9.10. The Kier molecular flexibility index (Phi) is 5.07. The van der Waals surface area contributed by atoms with Gasteiger partial charge in [-0.05, 0) is 23.8 Å². The van der Waals surface area contributed by atoms with Gasteiger partial charge in [0.1, 0.15) is 5.82 Å². The first kappa shape index (κ1) is 14.2. The fourth-order valence-corrected chi connectivity index (χ4v) is 2.27. The molecule has 2 aromatic rings. The third kappa shape index (κ3) is 3.86. The Morgan fingerprint density at radius 2 is 1.89 bits per heavy atom. The zero-order chi connectivity index (χ0) is 13.7. The molecule has 0 bridgehead atoms. The molecular formula is C15H15BrFNO. The predicted octanol–water partition coefficient (Wildman–Crippen LogP) is 3.41. The third-order valence-electron chi connectivity index (χ3n) is 2.91. The zero-order valence-electron chi connectivity index (χ0n) is 10.3. The van der Waals surface area contributed by atoms with Crippen molar-refractivity contribution in [1.82, 2.24) is 5.32 Å². The molecule has 2 N–H and O–H groups in total. The van der Waals surface area contributed by atoms with E-state index >= 15 is 0 Å². The number of hydrogen-bond donors (Lipinski definition) is 2. The van der Waals surface area contributed by atoms with Gasteiger partial charge in [0, 0.05) is 16.6 Å². The van der Waals surface area contributed by atoms with Crippen LogP contribution in [0.4, 0.5) is 4.39 Å². The highest BCUT2D eigenvalue weighted by Crippen LogP contribution is 2.22. The van der Waals surface area contributed by atoms with Gasteiger partial charge in [-0.2, -0.15) is 0 Å². The minimum absolute atomic E-state index is 0.153. The van der Waals surface area contributed by atoms with Crippen molar-refractivity contribution < 1.29 is 9.50 Å². The molecule has 2 rings (SSSR count). The van der Waals surface area contributed by atoms with E-state index in [1.165, 1.54) is 6.07 Å². The van der Waals surface area contributed by atoms with Crippen molar-refractivity contribution in [2.45, 2.75) is 12.6 Å². The second-order valence-electron chi connectivity index (χ2n) is 4.27. The topological polar surface area (TPSA) is 32.3 Å². The van der Waals surface area contributed by atoms with Crippen LogP contribution >= 0.6 is 15.9 Å². The Bertz CT molecular complexity index is 533. The molecule has 0 radical (unpaired) electrons. The molecule has 0 amide bonds. The molecule has 0 aromatic heterocycles. The molecule has 100 valence electrons. The van der Waals surface area contributed by atoms with Gasteiger partial charge in [0.25, 0.3) is 0 Å². The molecule has 0 saturated heterocycles. The molecular weight excluding hydrogens is 309 g/mol. The van der Waals surface area contributed by atoms with Crippen LogP contribution in [0, 0.1) is 5.82 Å². The van der Waals surface area contributed by atoms with Crippen molar-refractivity contribution in [2.75, 3.05) is 6.61 Å². The normalized spacial score (nSPS) is 12.4. The lowest BCUT2D eigenvalue weighted by molar-refractivity contribution is 0.240. The largest absolute Gasteiger partial charge is 0.394 e. The monoisotopic (exact) mass is 323 g/mol. The highest BCUT2D eigenvalue weighted by atomic mass is 79.9. The SMILES string of the molecule is OCC(NCc1ccccc1)c1cc(Br)ccc1F. The maximum atomic E-state index is 13.8. The first-order valence-corrected chi connectivity index (χ1v) is 6.83. The van der Waals surface area contributed by atoms with Gasteiger partial charge in [0.05, 0.1) is 12.6 Å². The van der Waals surface area contributed by atoms with Crippen LogP contribution in [0.2, 0.25) is 0 Å². The molecule has 0 spiro atoms. The van der Waals surface area contributed by atoms with E-state index in [1.807, 2.05) is 30.3 Å². The minimum Gasteiger partial charge on any atom is -0.394 e. The Morgan fingerprint density at radius 3 is 2.58 bits per heavy atom. The average molecular weight is 324 g/mol. The van der Waals surface area contributed by atoms with E-state index in [-0.39, 0.29) is 12.4 Å². The Balaban J connectivity index is 2.10. The van der Waals surface area contributed by atoms with E-state index in [1.54, 1.807) is 12.1 Å². The molecule has 4 heteroatoms. The summed E-state index contributed by atoms with van der Waals surface area (Å²) < 4.78 is 14.6. The summed E-state index contributed by atoms with van der Waals surface area (Å²) in [5.41, 5.74) is 1.56. The number of rotatable bonds is 5. The molecule has 0 aliphatic heterocycles. The molecule has 0 fully saturated rings. The van der Waals surface area contributed by atoms with Gasteiger partial charge >= 0.3 is 0 Å². The minimum atomic E-state index is -0.419. The molecule has 2 nitrogen and oxygen atoms in total. The van der Waals surface area contributed by atoms with E-state index in [9.17, 15) is 9.50 Å². The lowest BCUT2D eigenvalue weighted by Gasteiger charge is -2.17. The summed E-state index contributed by atoms with van der Waals surface area (Å²) in [7, 11) is 0. The second kappa shape index (κ2) is 6.80. The quantitative estimate of drug-likeness (QED) is 0.883. The zero-order valence-corrected chi connectivity index (χ0v) is 11.9. The third-order valence-corrected chi connectivity index (χ3v) is 3.40. The van der Waals surface area contributed by atoms with E-state index in [2.05, 4.69) is 21.2 Å². The van der Waals surface area contributed by atoms with E-state index in [0.717, 1.165) is 10.0 Å². The maximum Gasteiger partial charge on any atom is 0.128 e. The first-order chi connectivity index (χ1) is 9.20. The van der Waals surface area contributed by atoms with Crippen molar-refractivity contribution in [3.63, 3.8) is 0 Å². The van der Waals surface area contributed by atoms with Gasteiger partial charge in [0.15, 0.2) is 0 Å². The summed E-state index contributed by atoms with van der Waals surface area (Å²) in [5.74, 6) is -0.317. The fraction of sp³-hybridized carbons (Fsp3) is 0.200. The molecule has 1 unspecified atom stereocenters. The number of aliphatic hydroxyl groups is 1. The summed E-state index contributed by atoms with van der Waals surface area (Å²) in [4.78, 5) is 0. The summed E-state index contributed by atoms with van der Waals surface area (Å²) in [6.07, 6.45) is 0. The number of halogens is 2. The summed E-state index contributed by atoms with van der Waals surface area (Å²) >= 11 is 3.31. The van der Waals surface area contributed by atoms with Crippen LogP contribution < -0.4 is 5.32 Å². The van der Waals surface area contributed by atoms with Gasteiger partial charge in [-0.25, -0.2) is 4.39 Å². The van der Waals surface area contributed by atoms with Crippen LogP contribution in [-0.4, -0.2) is 11.7 Å². The van der Waals surface area contributed by atoms with Gasteiger partial charge in [-0.3, -0.25) is 0 Å². The van der Waals surface area contributed by atoms with Gasteiger partial charge in [0.2, 0.25) is 0 Å². The molecule has 0 aliphatic rings. The van der Waals surface area contributed by atoms with Crippen molar-refractivity contribution >= 4 is 15.9 Å². The molecule has 1 atom stereocenters. The van der Waals surface area contributed by atoms with Crippen LogP contribution in [0.3, 0.4) is 0 Å².